The van der Waals surface area contributed by atoms with E-state index in [0.29, 0.717) is 0 Å². The molecule has 0 unspecified atom stereocenters. The van der Waals surface area contributed by atoms with Crippen LogP contribution in [0.3, 0.4) is 0 Å². The molecular weight excluding hydrogens is 192 g/mol. The molecule has 4 fully saturated rings. The molecule has 4 bridgehead atoms. The molecule has 0 aromatic carbocycles. The summed E-state index contributed by atoms with van der Waals surface area (Å²) >= 11 is 0. The van der Waals surface area contributed by atoms with Crippen molar-refractivity contribution in [2.75, 3.05) is 6.79 Å². The zero-order valence-electron chi connectivity index (χ0n) is 8.91. The fourth-order valence-corrected chi connectivity index (χ4v) is 4.39. The van der Waals surface area contributed by atoms with Crippen LogP contribution in [0.4, 0.5) is 0 Å². The first-order valence-corrected chi connectivity index (χ1v) is 5.92. The first-order chi connectivity index (χ1) is 7.30. The molecule has 0 amide bonds. The Morgan fingerprint density at radius 3 is 2.07 bits per heavy atom. The van der Waals surface area contributed by atoms with Gasteiger partial charge in [-0.2, -0.15) is 0 Å². The third-order valence-electron chi connectivity index (χ3n) is 4.47. The van der Waals surface area contributed by atoms with Gasteiger partial charge in [0, 0.05) is 0 Å². The Morgan fingerprint density at radius 2 is 1.60 bits per heavy atom. The van der Waals surface area contributed by atoms with Crippen LogP contribution in [0, 0.1) is 17.8 Å². The van der Waals surface area contributed by atoms with E-state index in [2.05, 4.69) is 4.74 Å². The Kier molecular flexibility index (Phi) is 2.23. The van der Waals surface area contributed by atoms with E-state index in [4.69, 9.17) is 4.74 Å². The van der Waals surface area contributed by atoms with Crippen molar-refractivity contribution in [3.05, 3.63) is 0 Å². The van der Waals surface area contributed by atoms with Crippen LogP contribution >= 0.6 is 0 Å². The molecule has 0 saturated heterocycles. The maximum absolute atomic E-state index is 9.96. The van der Waals surface area contributed by atoms with Gasteiger partial charge in [-0.3, -0.25) is 0 Å². The first kappa shape index (κ1) is 9.64. The molecular formula is C12H17O3. The van der Waals surface area contributed by atoms with Crippen molar-refractivity contribution in [2.45, 2.75) is 44.1 Å². The van der Waals surface area contributed by atoms with E-state index in [1.807, 2.05) is 0 Å². The first-order valence-electron chi connectivity index (χ1n) is 5.92. The summed E-state index contributed by atoms with van der Waals surface area (Å²) in [5.41, 5.74) is 0.0472. The van der Waals surface area contributed by atoms with Crippen molar-refractivity contribution in [1.82, 2.24) is 0 Å². The summed E-state index contributed by atoms with van der Waals surface area (Å²) < 4.78 is 10.3. The fourth-order valence-electron chi connectivity index (χ4n) is 4.39. The van der Waals surface area contributed by atoms with Gasteiger partial charge in [0.2, 0.25) is 0 Å². The summed E-state index contributed by atoms with van der Waals surface area (Å²) in [6.45, 7) is 1.52. The SMILES string of the molecule is O=[C]OCOC12CC3CC(CC(C3)C1)C2. The second-order valence-electron chi connectivity index (χ2n) is 5.59. The summed E-state index contributed by atoms with van der Waals surface area (Å²) in [7, 11) is 0. The largest absolute Gasteiger partial charge is 0.430 e. The maximum Gasteiger partial charge on any atom is 0.419 e. The zero-order chi connectivity index (χ0) is 10.3. The number of rotatable bonds is 4. The van der Waals surface area contributed by atoms with Crippen molar-refractivity contribution in [3.63, 3.8) is 0 Å². The van der Waals surface area contributed by atoms with Gasteiger partial charge in [0.15, 0.2) is 6.79 Å². The minimum Gasteiger partial charge on any atom is -0.430 e. The van der Waals surface area contributed by atoms with E-state index < -0.39 is 0 Å². The molecule has 83 valence electrons. The number of ether oxygens (including phenoxy) is 2. The average Bonchev–Trinajstić information content (AvgIpc) is 2.15. The van der Waals surface area contributed by atoms with Gasteiger partial charge in [0.05, 0.1) is 5.60 Å². The topological polar surface area (TPSA) is 35.5 Å². The smallest absolute Gasteiger partial charge is 0.419 e. The summed E-state index contributed by atoms with van der Waals surface area (Å²) in [4.78, 5) is 9.96. The second-order valence-corrected chi connectivity index (χ2v) is 5.59. The number of hydrogen-bond donors (Lipinski definition) is 0. The Labute approximate surface area is 90.1 Å². The average molecular weight is 209 g/mol. The predicted molar refractivity (Wildman–Crippen MR) is 53.6 cm³/mol. The molecule has 0 aromatic heterocycles. The molecule has 4 rings (SSSR count). The van der Waals surface area contributed by atoms with Gasteiger partial charge in [-0.15, -0.1) is 0 Å². The normalized spacial score (nSPS) is 46.8. The summed E-state index contributed by atoms with van der Waals surface area (Å²) in [6, 6.07) is 0. The molecule has 0 aromatic rings. The Morgan fingerprint density at radius 1 is 1.07 bits per heavy atom. The second kappa shape index (κ2) is 3.48. The van der Waals surface area contributed by atoms with E-state index in [0.717, 1.165) is 17.8 Å². The fraction of sp³-hybridized carbons (Fsp3) is 0.917. The van der Waals surface area contributed by atoms with E-state index in [-0.39, 0.29) is 12.4 Å². The molecule has 0 aliphatic heterocycles. The molecule has 3 nitrogen and oxygen atoms in total. The lowest BCUT2D eigenvalue weighted by molar-refractivity contribution is -0.193. The Balaban J connectivity index is 1.67. The lowest BCUT2D eigenvalue weighted by atomic mass is 9.54. The van der Waals surface area contributed by atoms with Crippen LogP contribution in [-0.2, 0) is 14.3 Å². The highest BCUT2D eigenvalue weighted by Crippen LogP contribution is 2.56. The van der Waals surface area contributed by atoms with Gasteiger partial charge in [-0.05, 0) is 56.3 Å². The van der Waals surface area contributed by atoms with Gasteiger partial charge in [-0.1, -0.05) is 0 Å². The standard InChI is InChI=1S/C12H17O3/c13-7-14-8-15-12-4-9-1-10(5-12)3-11(2-9)6-12/h9-11H,1-6,8H2. The van der Waals surface area contributed by atoms with Crippen molar-refractivity contribution in [1.29, 1.82) is 0 Å². The minimum atomic E-state index is 0.0472. The quantitative estimate of drug-likeness (QED) is 0.525. The van der Waals surface area contributed by atoms with Crippen molar-refractivity contribution in [2.24, 2.45) is 17.8 Å². The molecule has 4 aliphatic carbocycles. The van der Waals surface area contributed by atoms with Crippen molar-refractivity contribution < 1.29 is 14.3 Å². The Hall–Kier alpha value is -0.570. The summed E-state index contributed by atoms with van der Waals surface area (Å²) in [5, 5.41) is 0. The minimum absolute atomic E-state index is 0.0472. The van der Waals surface area contributed by atoms with Gasteiger partial charge in [-0.25, -0.2) is 4.79 Å². The molecule has 4 aliphatic rings. The number of hydrogen-bond acceptors (Lipinski definition) is 3. The highest BCUT2D eigenvalue weighted by molar-refractivity contribution is 5.37. The van der Waals surface area contributed by atoms with Gasteiger partial charge in [0.1, 0.15) is 0 Å². The molecule has 3 heteroatoms. The lowest BCUT2D eigenvalue weighted by Gasteiger charge is -2.56. The third-order valence-corrected chi connectivity index (χ3v) is 4.47. The van der Waals surface area contributed by atoms with Gasteiger partial charge >= 0.3 is 6.47 Å². The highest BCUT2D eigenvalue weighted by atomic mass is 16.7. The van der Waals surface area contributed by atoms with E-state index >= 15 is 0 Å². The van der Waals surface area contributed by atoms with E-state index in [1.165, 1.54) is 45.0 Å². The molecule has 1 radical (unpaired) electrons. The Bertz CT molecular complexity index is 226. The number of carbonyl (C=O) groups excluding carboxylic acids is 1. The summed E-state index contributed by atoms with van der Waals surface area (Å²) in [5.74, 6) is 2.62. The van der Waals surface area contributed by atoms with Crippen molar-refractivity contribution in [3.8, 4) is 0 Å². The van der Waals surface area contributed by atoms with Crippen LogP contribution < -0.4 is 0 Å². The van der Waals surface area contributed by atoms with Crippen LogP contribution in [-0.4, -0.2) is 18.9 Å². The monoisotopic (exact) mass is 209 g/mol. The molecule has 0 atom stereocenters. The molecule has 0 spiro atoms. The third kappa shape index (κ3) is 1.67. The predicted octanol–water partition coefficient (Wildman–Crippen LogP) is 2.01. The lowest BCUT2D eigenvalue weighted by Crippen LogP contribution is -2.52. The van der Waals surface area contributed by atoms with E-state index in [9.17, 15) is 4.79 Å². The van der Waals surface area contributed by atoms with Crippen molar-refractivity contribution >= 4 is 6.47 Å². The molecule has 15 heavy (non-hydrogen) atoms. The molecule has 4 saturated carbocycles. The van der Waals surface area contributed by atoms with Crippen LogP contribution in [0.5, 0.6) is 0 Å². The van der Waals surface area contributed by atoms with Crippen LogP contribution in [0.15, 0.2) is 0 Å². The van der Waals surface area contributed by atoms with Gasteiger partial charge < -0.3 is 9.47 Å². The molecule has 0 N–H and O–H groups in total. The van der Waals surface area contributed by atoms with Gasteiger partial charge in [0.25, 0.3) is 0 Å². The zero-order valence-corrected chi connectivity index (χ0v) is 8.91. The maximum atomic E-state index is 9.96. The van der Waals surface area contributed by atoms with Crippen LogP contribution in [0.25, 0.3) is 0 Å². The molecule has 0 heterocycles. The van der Waals surface area contributed by atoms with Crippen LogP contribution in [0.1, 0.15) is 38.5 Å². The highest BCUT2D eigenvalue weighted by Gasteiger charge is 2.51. The van der Waals surface area contributed by atoms with E-state index in [1.54, 1.807) is 0 Å². The van der Waals surface area contributed by atoms with Crippen LogP contribution in [0.2, 0.25) is 0 Å². The summed E-state index contributed by atoms with van der Waals surface area (Å²) in [6.07, 6.45) is 7.76.